The normalized spacial score (nSPS) is 15.1. The van der Waals surface area contributed by atoms with Gasteiger partial charge >= 0.3 is 0 Å². The van der Waals surface area contributed by atoms with E-state index in [-0.39, 0.29) is 0 Å². The summed E-state index contributed by atoms with van der Waals surface area (Å²) in [4.78, 5) is 16.8. The highest BCUT2D eigenvalue weighted by Crippen LogP contribution is 2.32. The highest BCUT2D eigenvalue weighted by molar-refractivity contribution is 6.31. The minimum Gasteiger partial charge on any atom is -0.456 e. The van der Waals surface area contributed by atoms with E-state index in [0.29, 0.717) is 22.9 Å². The number of fused-ring (bicyclic) bond motifs is 2. The molecular formula is C26H25ClN6O2. The SMILES string of the molecule is CN1CCN(Cc2cc(Nc3nc4cc(Oc5ccnc6[nH]ccc56)ccc4o3)ccc2Cl)CC1. The molecule has 2 N–H and O–H groups in total. The first kappa shape index (κ1) is 21.9. The fourth-order valence-corrected chi connectivity index (χ4v) is 4.50. The Morgan fingerprint density at radius 3 is 2.86 bits per heavy atom. The number of H-pyrrole nitrogens is 1. The zero-order valence-electron chi connectivity index (χ0n) is 19.3. The quantitative estimate of drug-likeness (QED) is 0.320. The summed E-state index contributed by atoms with van der Waals surface area (Å²) in [6.07, 6.45) is 3.56. The van der Waals surface area contributed by atoms with Crippen molar-refractivity contribution in [3.8, 4) is 11.5 Å². The van der Waals surface area contributed by atoms with Crippen LogP contribution in [0.4, 0.5) is 11.7 Å². The van der Waals surface area contributed by atoms with Crippen LogP contribution in [0.25, 0.3) is 22.1 Å². The number of aromatic amines is 1. The lowest BCUT2D eigenvalue weighted by Gasteiger charge is -2.32. The second kappa shape index (κ2) is 9.22. The second-order valence-corrected chi connectivity index (χ2v) is 9.22. The summed E-state index contributed by atoms with van der Waals surface area (Å²) >= 11 is 6.50. The van der Waals surface area contributed by atoms with Crippen molar-refractivity contribution in [2.45, 2.75) is 6.54 Å². The fourth-order valence-electron chi connectivity index (χ4n) is 4.32. The predicted molar refractivity (Wildman–Crippen MR) is 138 cm³/mol. The smallest absolute Gasteiger partial charge is 0.300 e. The molecule has 1 aliphatic rings. The molecule has 0 bridgehead atoms. The van der Waals surface area contributed by atoms with Crippen LogP contribution in [-0.2, 0) is 6.54 Å². The van der Waals surface area contributed by atoms with Crippen molar-refractivity contribution in [1.29, 1.82) is 0 Å². The van der Waals surface area contributed by atoms with E-state index in [9.17, 15) is 0 Å². The topological polar surface area (TPSA) is 82.5 Å². The van der Waals surface area contributed by atoms with Crippen molar-refractivity contribution < 1.29 is 9.15 Å². The molecule has 0 atom stereocenters. The maximum Gasteiger partial charge on any atom is 0.300 e. The van der Waals surface area contributed by atoms with Gasteiger partial charge in [0.25, 0.3) is 6.01 Å². The van der Waals surface area contributed by atoms with Crippen molar-refractivity contribution >= 4 is 45.4 Å². The highest BCUT2D eigenvalue weighted by atomic mass is 35.5. The number of oxazole rings is 1. The summed E-state index contributed by atoms with van der Waals surface area (Å²) in [5.41, 5.74) is 4.13. The zero-order valence-corrected chi connectivity index (χ0v) is 20.0. The van der Waals surface area contributed by atoms with Gasteiger partial charge in [-0.15, -0.1) is 0 Å². The van der Waals surface area contributed by atoms with Crippen LogP contribution in [0.15, 0.2) is 65.3 Å². The van der Waals surface area contributed by atoms with Crippen LogP contribution in [0.2, 0.25) is 5.02 Å². The maximum atomic E-state index is 6.50. The summed E-state index contributed by atoms with van der Waals surface area (Å²) in [5, 5.41) is 4.97. The number of anilines is 2. The summed E-state index contributed by atoms with van der Waals surface area (Å²) in [5.74, 6) is 1.40. The predicted octanol–water partition coefficient (Wildman–Crippen LogP) is 5.64. The van der Waals surface area contributed by atoms with Gasteiger partial charge in [-0.3, -0.25) is 4.90 Å². The molecular weight excluding hydrogens is 464 g/mol. The van der Waals surface area contributed by atoms with Gasteiger partial charge in [0.15, 0.2) is 5.58 Å². The fraction of sp³-hybridized carbons (Fsp3) is 0.231. The Morgan fingerprint density at radius 1 is 1.09 bits per heavy atom. The summed E-state index contributed by atoms with van der Waals surface area (Å²) in [6.45, 7) is 5.03. The number of aromatic nitrogens is 3. The van der Waals surface area contributed by atoms with E-state index in [2.05, 4.69) is 43.2 Å². The maximum absolute atomic E-state index is 6.50. The first-order valence-electron chi connectivity index (χ1n) is 11.6. The van der Waals surface area contributed by atoms with E-state index in [1.54, 1.807) is 6.20 Å². The minimum absolute atomic E-state index is 0.418. The van der Waals surface area contributed by atoms with Crippen molar-refractivity contribution in [3.05, 3.63) is 71.5 Å². The summed E-state index contributed by atoms with van der Waals surface area (Å²) < 4.78 is 12.0. The molecule has 0 saturated carbocycles. The molecule has 1 fully saturated rings. The third kappa shape index (κ3) is 4.68. The van der Waals surface area contributed by atoms with E-state index in [0.717, 1.165) is 65.8 Å². The molecule has 5 aromatic rings. The largest absolute Gasteiger partial charge is 0.456 e. The molecule has 0 radical (unpaired) electrons. The number of piperazine rings is 1. The molecule has 0 unspecified atom stereocenters. The summed E-state index contributed by atoms with van der Waals surface area (Å²) in [6, 6.07) is 15.7. The molecule has 35 heavy (non-hydrogen) atoms. The molecule has 0 aliphatic carbocycles. The van der Waals surface area contributed by atoms with Crippen LogP contribution in [0.5, 0.6) is 11.5 Å². The number of nitrogens with one attached hydrogen (secondary N) is 2. The Labute approximate surface area is 207 Å². The molecule has 6 rings (SSSR count). The Kier molecular flexibility index (Phi) is 5.77. The Balaban J connectivity index is 1.19. The van der Waals surface area contributed by atoms with Crippen LogP contribution in [-0.4, -0.2) is 58.0 Å². The van der Waals surface area contributed by atoms with Gasteiger partial charge in [-0.25, -0.2) is 4.98 Å². The average Bonchev–Trinajstić information content (AvgIpc) is 3.49. The first-order chi connectivity index (χ1) is 17.1. The Morgan fingerprint density at radius 2 is 1.97 bits per heavy atom. The number of ether oxygens (including phenoxy) is 1. The number of halogens is 1. The lowest BCUT2D eigenvalue weighted by molar-refractivity contribution is 0.148. The lowest BCUT2D eigenvalue weighted by Crippen LogP contribution is -2.43. The number of rotatable bonds is 6. The van der Waals surface area contributed by atoms with Gasteiger partial charge in [0, 0.05) is 61.9 Å². The number of hydrogen-bond donors (Lipinski definition) is 2. The standard InChI is InChI=1S/C26H25ClN6O2/c1-32-10-12-33(13-11-32)16-17-14-18(2-4-21(17)27)30-26-31-22-15-19(3-5-24(22)35-26)34-23-7-9-29-25-20(23)6-8-28-25/h2-9,14-15H,10-13,16H2,1H3,(H,28,29)(H,30,31). The minimum atomic E-state index is 0.418. The van der Waals surface area contributed by atoms with Gasteiger partial charge in [0.2, 0.25) is 0 Å². The number of likely N-dealkylation sites (N-methyl/N-ethyl adjacent to an activating group) is 1. The molecule has 9 heteroatoms. The highest BCUT2D eigenvalue weighted by Gasteiger charge is 2.16. The van der Waals surface area contributed by atoms with Gasteiger partial charge in [-0.05, 0) is 55.1 Å². The van der Waals surface area contributed by atoms with Crippen molar-refractivity contribution in [3.63, 3.8) is 0 Å². The van der Waals surface area contributed by atoms with Crippen LogP contribution in [0.3, 0.4) is 0 Å². The van der Waals surface area contributed by atoms with Crippen LogP contribution < -0.4 is 10.1 Å². The zero-order chi connectivity index (χ0) is 23.8. The van der Waals surface area contributed by atoms with Crippen molar-refractivity contribution in [1.82, 2.24) is 24.8 Å². The van der Waals surface area contributed by atoms with Crippen molar-refractivity contribution in [2.24, 2.45) is 0 Å². The molecule has 0 spiro atoms. The van der Waals surface area contributed by atoms with Gasteiger partial charge in [0.05, 0.1) is 5.39 Å². The van der Waals surface area contributed by atoms with E-state index in [4.69, 9.17) is 20.8 Å². The second-order valence-electron chi connectivity index (χ2n) is 8.81. The molecule has 2 aromatic carbocycles. The monoisotopic (exact) mass is 488 g/mol. The Hall–Kier alpha value is -3.59. The molecule has 8 nitrogen and oxygen atoms in total. The number of nitrogens with zero attached hydrogens (tertiary/aromatic N) is 4. The van der Waals surface area contributed by atoms with Gasteiger partial charge < -0.3 is 24.4 Å². The number of pyridine rings is 1. The third-order valence-electron chi connectivity index (χ3n) is 6.29. The van der Waals surface area contributed by atoms with Crippen LogP contribution >= 0.6 is 11.6 Å². The van der Waals surface area contributed by atoms with Gasteiger partial charge in [-0.1, -0.05) is 11.6 Å². The molecule has 0 amide bonds. The van der Waals surface area contributed by atoms with E-state index in [1.807, 2.05) is 48.7 Å². The molecule has 178 valence electrons. The first-order valence-corrected chi connectivity index (χ1v) is 12.0. The van der Waals surface area contributed by atoms with E-state index >= 15 is 0 Å². The molecule has 3 aromatic heterocycles. The van der Waals surface area contributed by atoms with Crippen molar-refractivity contribution in [2.75, 3.05) is 38.5 Å². The average molecular weight is 489 g/mol. The van der Waals surface area contributed by atoms with Gasteiger partial charge in [-0.2, -0.15) is 4.98 Å². The van der Waals surface area contributed by atoms with Crippen LogP contribution in [0, 0.1) is 0 Å². The molecule has 4 heterocycles. The van der Waals surface area contributed by atoms with Gasteiger partial charge in [0.1, 0.15) is 22.7 Å². The van der Waals surface area contributed by atoms with E-state index < -0.39 is 0 Å². The summed E-state index contributed by atoms with van der Waals surface area (Å²) in [7, 11) is 2.16. The van der Waals surface area contributed by atoms with Crippen LogP contribution in [0.1, 0.15) is 5.56 Å². The molecule has 1 saturated heterocycles. The number of benzene rings is 2. The lowest BCUT2D eigenvalue weighted by atomic mass is 10.1. The van der Waals surface area contributed by atoms with E-state index in [1.165, 1.54) is 0 Å². The number of hydrogen-bond acceptors (Lipinski definition) is 7. The Bertz CT molecular complexity index is 1490. The molecule has 1 aliphatic heterocycles. The third-order valence-corrected chi connectivity index (χ3v) is 6.66.